The molecule has 0 saturated heterocycles. The van der Waals surface area contributed by atoms with Crippen LogP contribution < -0.4 is 14.8 Å². The summed E-state index contributed by atoms with van der Waals surface area (Å²) in [7, 11) is 3.19. The van der Waals surface area contributed by atoms with E-state index in [0.717, 1.165) is 16.7 Å². The molecule has 150 valence electrons. The van der Waals surface area contributed by atoms with E-state index in [2.05, 4.69) is 37.4 Å². The predicted octanol–water partition coefficient (Wildman–Crippen LogP) is 4.77. The number of carbonyl (C=O) groups excluding carboxylic acids is 1. The van der Waals surface area contributed by atoms with Crippen molar-refractivity contribution in [3.05, 3.63) is 94.5 Å². The van der Waals surface area contributed by atoms with Crippen LogP contribution in [0.25, 0.3) is 0 Å². The maximum atomic E-state index is 12.9. The van der Waals surface area contributed by atoms with E-state index in [4.69, 9.17) is 9.47 Å². The fourth-order valence-electron chi connectivity index (χ4n) is 3.34. The van der Waals surface area contributed by atoms with Gasteiger partial charge in [0.05, 0.1) is 26.7 Å². The Labute approximate surface area is 172 Å². The SMILES string of the molecule is COc1ccc(CC(=O)N[C@@H](c2ccccc2)c2ccc(C)c(C)c2)cc1OC. The largest absolute Gasteiger partial charge is 0.493 e. The maximum Gasteiger partial charge on any atom is 0.225 e. The van der Waals surface area contributed by atoms with E-state index in [-0.39, 0.29) is 18.4 Å². The Kier molecular flexibility index (Phi) is 6.55. The van der Waals surface area contributed by atoms with Gasteiger partial charge in [-0.2, -0.15) is 0 Å². The molecule has 0 spiro atoms. The molecular formula is C25H27NO3. The second-order valence-corrected chi connectivity index (χ2v) is 7.12. The highest BCUT2D eigenvalue weighted by Crippen LogP contribution is 2.28. The number of rotatable bonds is 7. The molecule has 4 nitrogen and oxygen atoms in total. The van der Waals surface area contributed by atoms with Crippen LogP contribution in [0.3, 0.4) is 0 Å². The van der Waals surface area contributed by atoms with E-state index in [1.807, 2.05) is 48.5 Å². The van der Waals surface area contributed by atoms with Crippen molar-refractivity contribution in [1.29, 1.82) is 0 Å². The molecule has 1 amide bonds. The average molecular weight is 389 g/mol. The van der Waals surface area contributed by atoms with Gasteiger partial charge in [0, 0.05) is 0 Å². The Balaban J connectivity index is 1.84. The smallest absolute Gasteiger partial charge is 0.225 e. The van der Waals surface area contributed by atoms with E-state index >= 15 is 0 Å². The number of amides is 1. The number of carbonyl (C=O) groups is 1. The van der Waals surface area contributed by atoms with Gasteiger partial charge in [-0.05, 0) is 53.8 Å². The second-order valence-electron chi connectivity index (χ2n) is 7.12. The van der Waals surface area contributed by atoms with Gasteiger partial charge in [-0.15, -0.1) is 0 Å². The van der Waals surface area contributed by atoms with Crippen LogP contribution in [0.2, 0.25) is 0 Å². The Morgan fingerprint density at radius 3 is 2.21 bits per heavy atom. The van der Waals surface area contributed by atoms with E-state index in [1.165, 1.54) is 11.1 Å². The highest BCUT2D eigenvalue weighted by atomic mass is 16.5. The highest BCUT2D eigenvalue weighted by molar-refractivity contribution is 5.79. The zero-order chi connectivity index (χ0) is 20.8. The van der Waals surface area contributed by atoms with Crippen LogP contribution in [0.4, 0.5) is 0 Å². The number of methoxy groups -OCH3 is 2. The molecule has 0 fully saturated rings. The van der Waals surface area contributed by atoms with Gasteiger partial charge in [0.1, 0.15) is 0 Å². The molecule has 3 aromatic carbocycles. The van der Waals surface area contributed by atoms with Gasteiger partial charge in [0.25, 0.3) is 0 Å². The summed E-state index contributed by atoms with van der Waals surface area (Å²) in [5.74, 6) is 1.21. The van der Waals surface area contributed by atoms with Gasteiger partial charge in [0.15, 0.2) is 11.5 Å². The minimum absolute atomic E-state index is 0.0516. The first-order valence-corrected chi connectivity index (χ1v) is 9.64. The third kappa shape index (κ3) is 4.96. The summed E-state index contributed by atoms with van der Waals surface area (Å²) in [5.41, 5.74) is 5.43. The van der Waals surface area contributed by atoms with Crippen molar-refractivity contribution in [3.63, 3.8) is 0 Å². The molecule has 0 heterocycles. The fourth-order valence-corrected chi connectivity index (χ4v) is 3.34. The van der Waals surface area contributed by atoms with Gasteiger partial charge in [0.2, 0.25) is 5.91 Å². The lowest BCUT2D eigenvalue weighted by Crippen LogP contribution is -2.30. The molecule has 0 aliphatic carbocycles. The monoisotopic (exact) mass is 389 g/mol. The summed E-state index contributed by atoms with van der Waals surface area (Å²) in [6, 6.07) is 21.7. The van der Waals surface area contributed by atoms with E-state index < -0.39 is 0 Å². The lowest BCUT2D eigenvalue weighted by atomic mass is 9.95. The molecule has 29 heavy (non-hydrogen) atoms. The van der Waals surface area contributed by atoms with Crippen molar-refractivity contribution < 1.29 is 14.3 Å². The van der Waals surface area contributed by atoms with Crippen molar-refractivity contribution in [3.8, 4) is 11.5 Å². The quantitative estimate of drug-likeness (QED) is 0.633. The van der Waals surface area contributed by atoms with Crippen LogP contribution in [0.1, 0.15) is 33.9 Å². The van der Waals surface area contributed by atoms with Crippen molar-refractivity contribution in [1.82, 2.24) is 5.32 Å². The molecule has 1 atom stereocenters. The Morgan fingerprint density at radius 2 is 1.55 bits per heavy atom. The van der Waals surface area contributed by atoms with Gasteiger partial charge in [-0.25, -0.2) is 0 Å². The molecule has 0 aliphatic heterocycles. The summed E-state index contributed by atoms with van der Waals surface area (Å²) >= 11 is 0. The van der Waals surface area contributed by atoms with Crippen molar-refractivity contribution in [2.75, 3.05) is 14.2 Å². The van der Waals surface area contributed by atoms with Crippen molar-refractivity contribution in [2.45, 2.75) is 26.3 Å². The molecule has 4 heteroatoms. The zero-order valence-electron chi connectivity index (χ0n) is 17.4. The minimum Gasteiger partial charge on any atom is -0.493 e. The zero-order valence-corrected chi connectivity index (χ0v) is 17.4. The number of ether oxygens (including phenoxy) is 2. The van der Waals surface area contributed by atoms with Crippen LogP contribution in [-0.4, -0.2) is 20.1 Å². The van der Waals surface area contributed by atoms with Crippen LogP contribution in [0, 0.1) is 13.8 Å². The van der Waals surface area contributed by atoms with Crippen LogP contribution in [0.5, 0.6) is 11.5 Å². The van der Waals surface area contributed by atoms with Crippen molar-refractivity contribution >= 4 is 5.91 Å². The lowest BCUT2D eigenvalue weighted by Gasteiger charge is -2.21. The molecule has 0 radical (unpaired) electrons. The Bertz CT molecular complexity index is 983. The van der Waals surface area contributed by atoms with Gasteiger partial charge < -0.3 is 14.8 Å². The topological polar surface area (TPSA) is 47.6 Å². The normalized spacial score (nSPS) is 11.6. The first kappa shape index (κ1) is 20.5. The number of hydrogen-bond acceptors (Lipinski definition) is 3. The summed E-state index contributed by atoms with van der Waals surface area (Å²) in [4.78, 5) is 12.9. The number of hydrogen-bond donors (Lipinski definition) is 1. The summed E-state index contributed by atoms with van der Waals surface area (Å²) in [6.45, 7) is 4.18. The molecule has 3 aromatic rings. The molecule has 0 aliphatic rings. The third-order valence-corrected chi connectivity index (χ3v) is 5.12. The van der Waals surface area contributed by atoms with Gasteiger partial charge in [-0.3, -0.25) is 4.79 Å². The molecule has 3 rings (SSSR count). The Hall–Kier alpha value is -3.27. The summed E-state index contributed by atoms with van der Waals surface area (Å²) in [5, 5.41) is 3.20. The van der Waals surface area contributed by atoms with Crippen LogP contribution in [0.15, 0.2) is 66.7 Å². The minimum atomic E-state index is -0.205. The van der Waals surface area contributed by atoms with E-state index in [9.17, 15) is 4.79 Å². The van der Waals surface area contributed by atoms with Crippen LogP contribution in [-0.2, 0) is 11.2 Å². The fraction of sp³-hybridized carbons (Fsp3) is 0.240. The van der Waals surface area contributed by atoms with Crippen LogP contribution >= 0.6 is 0 Å². The van der Waals surface area contributed by atoms with Gasteiger partial charge >= 0.3 is 0 Å². The summed E-state index contributed by atoms with van der Waals surface area (Å²) < 4.78 is 10.6. The number of nitrogens with one attached hydrogen (secondary N) is 1. The second kappa shape index (κ2) is 9.28. The highest BCUT2D eigenvalue weighted by Gasteiger charge is 2.18. The Morgan fingerprint density at radius 1 is 0.828 bits per heavy atom. The molecule has 0 bridgehead atoms. The average Bonchev–Trinajstić information content (AvgIpc) is 2.74. The first-order valence-electron chi connectivity index (χ1n) is 9.64. The third-order valence-electron chi connectivity index (χ3n) is 5.12. The van der Waals surface area contributed by atoms with E-state index in [1.54, 1.807) is 14.2 Å². The predicted molar refractivity (Wildman–Crippen MR) is 116 cm³/mol. The number of benzene rings is 3. The molecule has 0 saturated carbocycles. The standard InChI is InChI=1S/C25H27NO3/c1-17-10-12-21(14-18(17)2)25(20-8-6-5-7-9-20)26-24(27)16-19-11-13-22(28-3)23(15-19)29-4/h5-15,25H,16H2,1-4H3,(H,26,27)/t25-/m0/s1. The van der Waals surface area contributed by atoms with E-state index in [0.29, 0.717) is 11.5 Å². The molecule has 1 N–H and O–H groups in total. The number of aryl methyl sites for hydroxylation is 2. The van der Waals surface area contributed by atoms with Gasteiger partial charge in [-0.1, -0.05) is 54.6 Å². The van der Waals surface area contributed by atoms with Crippen molar-refractivity contribution in [2.24, 2.45) is 0 Å². The first-order chi connectivity index (χ1) is 14.0. The maximum absolute atomic E-state index is 12.9. The lowest BCUT2D eigenvalue weighted by molar-refractivity contribution is -0.120. The summed E-state index contributed by atoms with van der Waals surface area (Å²) in [6.07, 6.45) is 0.258. The molecular weight excluding hydrogens is 362 g/mol. The molecule has 0 aromatic heterocycles. The molecule has 0 unspecified atom stereocenters.